The lowest BCUT2D eigenvalue weighted by Gasteiger charge is -2.23. The third-order valence-electron chi connectivity index (χ3n) is 3.33. The highest BCUT2D eigenvalue weighted by Crippen LogP contribution is 2.25. The molecule has 1 saturated heterocycles. The van der Waals surface area contributed by atoms with E-state index in [0.717, 1.165) is 31.0 Å². The van der Waals surface area contributed by atoms with E-state index < -0.39 is 0 Å². The number of nitrogens with zero attached hydrogens (tertiary/aromatic N) is 3. The van der Waals surface area contributed by atoms with E-state index in [1.54, 1.807) is 18.3 Å². The first kappa shape index (κ1) is 13.4. The largest absolute Gasteiger partial charge is 0.357 e. The van der Waals surface area contributed by atoms with Gasteiger partial charge >= 0.3 is 0 Å². The predicted octanol–water partition coefficient (Wildman–Crippen LogP) is 3.68. The van der Waals surface area contributed by atoms with Gasteiger partial charge in [-0.2, -0.15) is 5.10 Å². The Morgan fingerprint density at radius 3 is 3.00 bits per heavy atom. The second-order valence-electron chi connectivity index (χ2n) is 4.92. The lowest BCUT2D eigenvalue weighted by molar-refractivity contribution is -0.0404. The minimum Gasteiger partial charge on any atom is -0.357 e. The molecule has 2 aromatic rings. The normalized spacial score (nSPS) is 19.0. The number of hydrogen-bond donors (Lipinski definition) is 1. The molecule has 1 aliphatic rings. The first-order chi connectivity index (χ1) is 9.72. The highest BCUT2D eigenvalue weighted by molar-refractivity contribution is 6.30. The van der Waals surface area contributed by atoms with E-state index in [1.807, 2.05) is 17.7 Å². The summed E-state index contributed by atoms with van der Waals surface area (Å²) < 4.78 is 7.70. The van der Waals surface area contributed by atoms with E-state index in [0.29, 0.717) is 10.8 Å². The van der Waals surface area contributed by atoms with Crippen molar-refractivity contribution in [3.8, 4) is 0 Å². The Labute approximate surface area is 122 Å². The second kappa shape index (κ2) is 5.81. The van der Waals surface area contributed by atoms with Crippen molar-refractivity contribution in [2.75, 3.05) is 11.9 Å². The van der Waals surface area contributed by atoms with E-state index in [1.165, 1.54) is 6.42 Å². The van der Waals surface area contributed by atoms with Crippen molar-refractivity contribution in [3.63, 3.8) is 0 Å². The summed E-state index contributed by atoms with van der Waals surface area (Å²) in [6, 6.07) is 5.50. The van der Waals surface area contributed by atoms with Crippen LogP contribution in [0, 0.1) is 6.92 Å². The van der Waals surface area contributed by atoms with Gasteiger partial charge in [0.25, 0.3) is 0 Å². The maximum Gasteiger partial charge on any atom is 0.153 e. The number of hydrogen-bond acceptors (Lipinski definition) is 4. The van der Waals surface area contributed by atoms with Crippen LogP contribution in [0.3, 0.4) is 0 Å². The van der Waals surface area contributed by atoms with Crippen LogP contribution in [0.5, 0.6) is 0 Å². The molecule has 0 saturated carbocycles. The average Bonchev–Trinajstić information content (AvgIpc) is 2.80. The maximum atomic E-state index is 5.94. The molecule has 1 atom stereocenters. The van der Waals surface area contributed by atoms with Gasteiger partial charge in [0.05, 0.1) is 0 Å². The number of aromatic nitrogens is 3. The molecule has 20 heavy (non-hydrogen) atoms. The zero-order valence-electron chi connectivity index (χ0n) is 11.3. The molecule has 106 valence electrons. The molecule has 1 aliphatic heterocycles. The topological polar surface area (TPSA) is 52.0 Å². The molecule has 0 spiro atoms. The molecular formula is C14H17ClN4O. The van der Waals surface area contributed by atoms with Crippen molar-refractivity contribution < 1.29 is 4.74 Å². The molecule has 3 rings (SSSR count). The van der Waals surface area contributed by atoms with Gasteiger partial charge in [-0.1, -0.05) is 11.6 Å². The molecule has 0 aromatic carbocycles. The Morgan fingerprint density at radius 2 is 2.25 bits per heavy atom. The Balaban J connectivity index is 1.78. The van der Waals surface area contributed by atoms with E-state index in [-0.39, 0.29) is 6.23 Å². The molecule has 0 amide bonds. The summed E-state index contributed by atoms with van der Waals surface area (Å²) in [6.45, 7) is 2.84. The van der Waals surface area contributed by atoms with Crippen LogP contribution in [-0.4, -0.2) is 21.4 Å². The third kappa shape index (κ3) is 2.94. The molecule has 6 heteroatoms. The Bertz CT molecular complexity index is 593. The van der Waals surface area contributed by atoms with Gasteiger partial charge in [0.15, 0.2) is 12.0 Å². The summed E-state index contributed by atoms with van der Waals surface area (Å²) in [5, 5.41) is 8.37. The minimum atomic E-state index is 0.0478. The first-order valence-corrected chi connectivity index (χ1v) is 7.16. The van der Waals surface area contributed by atoms with Gasteiger partial charge in [0, 0.05) is 29.6 Å². The highest BCUT2D eigenvalue weighted by Gasteiger charge is 2.18. The van der Waals surface area contributed by atoms with Crippen LogP contribution in [0.15, 0.2) is 24.4 Å². The lowest BCUT2D eigenvalue weighted by atomic mass is 10.2. The van der Waals surface area contributed by atoms with Gasteiger partial charge in [-0.3, -0.25) is 0 Å². The SMILES string of the molecule is Cc1cc(Nc2cc(Cl)ccn2)nn1C1CCCCO1. The monoisotopic (exact) mass is 292 g/mol. The number of aryl methyl sites for hydroxylation is 1. The van der Waals surface area contributed by atoms with Crippen LogP contribution in [0.1, 0.15) is 31.2 Å². The van der Waals surface area contributed by atoms with Gasteiger partial charge in [-0.15, -0.1) is 0 Å². The van der Waals surface area contributed by atoms with E-state index in [9.17, 15) is 0 Å². The number of halogens is 1. The van der Waals surface area contributed by atoms with Crippen molar-refractivity contribution in [1.82, 2.24) is 14.8 Å². The zero-order chi connectivity index (χ0) is 13.9. The van der Waals surface area contributed by atoms with Crippen LogP contribution in [0.4, 0.5) is 11.6 Å². The van der Waals surface area contributed by atoms with Crippen molar-refractivity contribution in [2.24, 2.45) is 0 Å². The molecule has 0 radical (unpaired) electrons. The number of pyridine rings is 1. The second-order valence-corrected chi connectivity index (χ2v) is 5.36. The van der Waals surface area contributed by atoms with Gasteiger partial charge in [0.1, 0.15) is 5.82 Å². The van der Waals surface area contributed by atoms with Crippen molar-refractivity contribution in [3.05, 3.63) is 35.1 Å². The first-order valence-electron chi connectivity index (χ1n) is 6.79. The molecule has 1 unspecified atom stereocenters. The fourth-order valence-corrected chi connectivity index (χ4v) is 2.52. The van der Waals surface area contributed by atoms with E-state index in [2.05, 4.69) is 15.4 Å². The smallest absolute Gasteiger partial charge is 0.153 e. The Hall–Kier alpha value is -1.59. The van der Waals surface area contributed by atoms with Gasteiger partial charge in [-0.05, 0) is 38.3 Å². The summed E-state index contributed by atoms with van der Waals surface area (Å²) >= 11 is 5.94. The fourth-order valence-electron chi connectivity index (χ4n) is 2.36. The standard InChI is InChI=1S/C14H17ClN4O/c1-10-8-13(17-12-9-11(15)5-6-16-12)18-19(10)14-4-2-3-7-20-14/h5-6,8-9,14H,2-4,7H2,1H3,(H,16,17,18). The van der Waals surface area contributed by atoms with E-state index in [4.69, 9.17) is 16.3 Å². The fraction of sp³-hybridized carbons (Fsp3) is 0.429. The number of rotatable bonds is 3. The summed E-state index contributed by atoms with van der Waals surface area (Å²) in [6.07, 6.45) is 5.04. The molecule has 3 heterocycles. The van der Waals surface area contributed by atoms with Crippen molar-refractivity contribution in [2.45, 2.75) is 32.4 Å². The summed E-state index contributed by atoms with van der Waals surface area (Å²) in [4.78, 5) is 4.21. The summed E-state index contributed by atoms with van der Waals surface area (Å²) in [5.41, 5.74) is 1.07. The van der Waals surface area contributed by atoms with Crippen LogP contribution >= 0.6 is 11.6 Å². The van der Waals surface area contributed by atoms with E-state index >= 15 is 0 Å². The molecular weight excluding hydrogens is 276 g/mol. The molecule has 0 bridgehead atoms. The van der Waals surface area contributed by atoms with Crippen molar-refractivity contribution >= 4 is 23.2 Å². The number of anilines is 2. The Kier molecular flexibility index (Phi) is 3.89. The molecule has 1 fully saturated rings. The molecule has 5 nitrogen and oxygen atoms in total. The van der Waals surface area contributed by atoms with Crippen LogP contribution in [0.2, 0.25) is 5.02 Å². The van der Waals surface area contributed by atoms with Crippen molar-refractivity contribution in [1.29, 1.82) is 0 Å². The maximum absolute atomic E-state index is 5.94. The predicted molar refractivity (Wildman–Crippen MR) is 78.3 cm³/mol. The number of ether oxygens (including phenoxy) is 1. The third-order valence-corrected chi connectivity index (χ3v) is 3.56. The molecule has 0 aliphatic carbocycles. The summed E-state index contributed by atoms with van der Waals surface area (Å²) in [5.74, 6) is 1.44. The van der Waals surface area contributed by atoms with Crippen LogP contribution in [0.25, 0.3) is 0 Å². The molecule has 1 N–H and O–H groups in total. The summed E-state index contributed by atoms with van der Waals surface area (Å²) in [7, 11) is 0. The van der Waals surface area contributed by atoms with Gasteiger partial charge in [-0.25, -0.2) is 9.67 Å². The zero-order valence-corrected chi connectivity index (χ0v) is 12.1. The minimum absolute atomic E-state index is 0.0478. The average molecular weight is 293 g/mol. The van der Waals surface area contributed by atoms with Crippen LogP contribution < -0.4 is 5.32 Å². The van der Waals surface area contributed by atoms with Crippen LogP contribution in [-0.2, 0) is 4.74 Å². The van der Waals surface area contributed by atoms with Gasteiger partial charge in [0.2, 0.25) is 0 Å². The highest BCUT2D eigenvalue weighted by atomic mass is 35.5. The quantitative estimate of drug-likeness (QED) is 0.937. The van der Waals surface area contributed by atoms with Gasteiger partial charge < -0.3 is 10.1 Å². The number of nitrogens with one attached hydrogen (secondary N) is 1. The lowest BCUT2D eigenvalue weighted by Crippen LogP contribution is -2.20. The molecule has 2 aromatic heterocycles. The Morgan fingerprint density at radius 1 is 1.35 bits per heavy atom.